The van der Waals surface area contributed by atoms with Crippen LogP contribution in [0.1, 0.15) is 12.8 Å². The Morgan fingerprint density at radius 1 is 0.722 bits per heavy atom. The Balaban J connectivity index is 1.80. The van der Waals surface area contributed by atoms with Gasteiger partial charge in [0.15, 0.2) is 11.3 Å². The van der Waals surface area contributed by atoms with Gasteiger partial charge in [0.05, 0.1) is 0 Å². The SMILES string of the molecule is O=C1N2COCN3C(=O)N4COCN1C41CCC231. The molecule has 1 saturated carbocycles. The van der Waals surface area contributed by atoms with Gasteiger partial charge in [0, 0.05) is 0 Å². The number of carbonyl (C=O) groups excluding carboxylic acids is 2. The summed E-state index contributed by atoms with van der Waals surface area (Å²) in [5.74, 6) is 0. The lowest BCUT2D eigenvalue weighted by Crippen LogP contribution is -2.77. The average molecular weight is 252 g/mol. The summed E-state index contributed by atoms with van der Waals surface area (Å²) in [6.45, 7) is 1.03. The first kappa shape index (κ1) is 9.40. The summed E-state index contributed by atoms with van der Waals surface area (Å²) in [5, 5.41) is 0. The molecular weight excluding hydrogens is 240 g/mol. The molecule has 0 N–H and O–H groups in total. The molecule has 0 atom stereocenters. The molecule has 4 aliphatic heterocycles. The molecule has 0 aromatic heterocycles. The van der Waals surface area contributed by atoms with Crippen molar-refractivity contribution in [3.8, 4) is 0 Å². The fraction of sp³-hybridized carbons (Fsp3) is 0.800. The van der Waals surface area contributed by atoms with E-state index in [4.69, 9.17) is 9.47 Å². The molecule has 96 valence electrons. The largest absolute Gasteiger partial charge is 0.340 e. The smallest absolute Gasteiger partial charge is 0.327 e. The van der Waals surface area contributed by atoms with Crippen LogP contribution < -0.4 is 0 Å². The maximum Gasteiger partial charge on any atom is 0.327 e. The Kier molecular flexibility index (Phi) is 1.27. The highest BCUT2D eigenvalue weighted by molar-refractivity contribution is 5.90. The Morgan fingerprint density at radius 3 is 1.33 bits per heavy atom. The maximum absolute atomic E-state index is 12.4. The van der Waals surface area contributed by atoms with Gasteiger partial charge in [0.25, 0.3) is 0 Å². The summed E-state index contributed by atoms with van der Waals surface area (Å²) in [4.78, 5) is 31.6. The molecule has 1 aliphatic carbocycles. The molecule has 0 unspecified atom stereocenters. The van der Waals surface area contributed by atoms with Gasteiger partial charge < -0.3 is 9.47 Å². The van der Waals surface area contributed by atoms with Gasteiger partial charge in [-0.25, -0.2) is 9.59 Å². The lowest BCUT2D eigenvalue weighted by molar-refractivity contribution is -0.247. The van der Waals surface area contributed by atoms with E-state index >= 15 is 0 Å². The van der Waals surface area contributed by atoms with E-state index in [1.54, 1.807) is 19.6 Å². The van der Waals surface area contributed by atoms with E-state index in [0.717, 1.165) is 12.8 Å². The van der Waals surface area contributed by atoms with Crippen molar-refractivity contribution in [2.24, 2.45) is 0 Å². The molecule has 18 heavy (non-hydrogen) atoms. The van der Waals surface area contributed by atoms with Gasteiger partial charge >= 0.3 is 12.1 Å². The van der Waals surface area contributed by atoms with Crippen LogP contribution in [0.2, 0.25) is 0 Å². The van der Waals surface area contributed by atoms with Crippen LogP contribution in [0.5, 0.6) is 0 Å². The van der Waals surface area contributed by atoms with Gasteiger partial charge in [0.1, 0.15) is 26.9 Å². The normalized spacial score (nSPS) is 44.2. The molecule has 4 heterocycles. The summed E-state index contributed by atoms with van der Waals surface area (Å²) >= 11 is 0. The van der Waals surface area contributed by atoms with E-state index in [-0.39, 0.29) is 39.0 Å². The van der Waals surface area contributed by atoms with Crippen LogP contribution in [-0.2, 0) is 9.47 Å². The van der Waals surface area contributed by atoms with Crippen molar-refractivity contribution >= 4 is 12.1 Å². The molecule has 5 aliphatic rings. The van der Waals surface area contributed by atoms with E-state index in [9.17, 15) is 9.59 Å². The van der Waals surface area contributed by atoms with Gasteiger partial charge in [-0.3, -0.25) is 19.6 Å². The van der Waals surface area contributed by atoms with E-state index < -0.39 is 11.3 Å². The average Bonchev–Trinajstić information content (AvgIpc) is 2.64. The number of urea groups is 2. The standard InChI is InChI=1S/C10H12N4O4/c15-7-11-3-17-4-12-8(16)14-6-18-5-13(7)10(14)2-1-9(10,11)12/h1-6H2. The van der Waals surface area contributed by atoms with Crippen LogP contribution in [0.4, 0.5) is 9.59 Å². The number of amides is 4. The quantitative estimate of drug-likeness (QED) is 0.585. The zero-order valence-electron chi connectivity index (χ0n) is 9.66. The lowest BCUT2D eigenvalue weighted by atomic mass is 9.71. The number of hydrogen-bond acceptors (Lipinski definition) is 4. The highest BCUT2D eigenvalue weighted by atomic mass is 16.5. The number of ether oxygens (including phenoxy) is 2. The van der Waals surface area contributed by atoms with E-state index in [2.05, 4.69) is 0 Å². The summed E-state index contributed by atoms with van der Waals surface area (Å²) < 4.78 is 10.8. The van der Waals surface area contributed by atoms with Crippen LogP contribution in [-0.4, -0.2) is 69.9 Å². The fourth-order valence-corrected chi connectivity index (χ4v) is 4.29. The van der Waals surface area contributed by atoms with Crippen LogP contribution in [0.3, 0.4) is 0 Å². The monoisotopic (exact) mass is 252 g/mol. The second-order valence-electron chi connectivity index (χ2n) is 5.34. The second kappa shape index (κ2) is 2.43. The molecule has 2 spiro atoms. The molecule has 8 heteroatoms. The van der Waals surface area contributed by atoms with Gasteiger partial charge in [-0.05, 0) is 12.8 Å². The molecule has 0 aromatic rings. The number of nitrogens with zero attached hydrogens (tertiary/aromatic N) is 4. The molecule has 8 nitrogen and oxygen atoms in total. The van der Waals surface area contributed by atoms with Crippen LogP contribution in [0.25, 0.3) is 0 Å². The highest BCUT2D eigenvalue weighted by Gasteiger charge is 2.85. The third-order valence-corrected chi connectivity index (χ3v) is 5.05. The first-order valence-corrected chi connectivity index (χ1v) is 6.07. The Bertz CT molecular complexity index is 422. The molecule has 5 fully saturated rings. The summed E-state index contributed by atoms with van der Waals surface area (Å²) in [5.41, 5.74) is -1.02. The molecule has 0 aromatic carbocycles. The molecule has 0 radical (unpaired) electrons. The van der Waals surface area contributed by atoms with Crippen molar-refractivity contribution < 1.29 is 19.1 Å². The Labute approximate surface area is 103 Å². The maximum atomic E-state index is 12.4. The van der Waals surface area contributed by atoms with E-state index in [1.165, 1.54) is 0 Å². The summed E-state index contributed by atoms with van der Waals surface area (Å²) in [6.07, 6.45) is 1.64. The van der Waals surface area contributed by atoms with Crippen molar-refractivity contribution in [1.82, 2.24) is 19.6 Å². The van der Waals surface area contributed by atoms with Crippen molar-refractivity contribution in [3.05, 3.63) is 0 Å². The van der Waals surface area contributed by atoms with E-state index in [0.29, 0.717) is 0 Å². The van der Waals surface area contributed by atoms with Gasteiger partial charge in [-0.15, -0.1) is 0 Å². The van der Waals surface area contributed by atoms with Crippen LogP contribution in [0, 0.1) is 0 Å². The predicted octanol–water partition coefficient (Wildman–Crippen LogP) is -0.462. The minimum Gasteiger partial charge on any atom is -0.340 e. The molecule has 5 rings (SSSR count). The molecule has 0 bridgehead atoms. The van der Waals surface area contributed by atoms with Gasteiger partial charge in [0.2, 0.25) is 0 Å². The summed E-state index contributed by atoms with van der Waals surface area (Å²) in [6, 6.07) is -0.177. The number of rotatable bonds is 0. The molecule has 4 amide bonds. The number of carbonyl (C=O) groups is 2. The van der Waals surface area contributed by atoms with Crippen molar-refractivity contribution in [3.63, 3.8) is 0 Å². The third-order valence-electron chi connectivity index (χ3n) is 5.05. The topological polar surface area (TPSA) is 65.6 Å². The molecule has 4 saturated heterocycles. The predicted molar refractivity (Wildman–Crippen MR) is 54.5 cm³/mol. The van der Waals surface area contributed by atoms with E-state index in [1.807, 2.05) is 0 Å². The Hall–Kier alpha value is -1.54. The highest BCUT2D eigenvalue weighted by Crippen LogP contribution is 2.64. The number of hydrogen-bond donors (Lipinski definition) is 0. The zero-order valence-corrected chi connectivity index (χ0v) is 9.66. The van der Waals surface area contributed by atoms with Crippen molar-refractivity contribution in [1.29, 1.82) is 0 Å². The van der Waals surface area contributed by atoms with Gasteiger partial charge in [-0.1, -0.05) is 0 Å². The third kappa shape index (κ3) is 0.593. The zero-order chi connectivity index (χ0) is 12.1. The first-order chi connectivity index (χ1) is 8.73. The fourth-order valence-electron chi connectivity index (χ4n) is 4.29. The summed E-state index contributed by atoms with van der Waals surface area (Å²) in [7, 11) is 0. The minimum absolute atomic E-state index is 0.0885. The lowest BCUT2D eigenvalue weighted by Gasteiger charge is -2.59. The Morgan fingerprint density at radius 2 is 1.06 bits per heavy atom. The van der Waals surface area contributed by atoms with Crippen LogP contribution >= 0.6 is 0 Å². The van der Waals surface area contributed by atoms with Crippen molar-refractivity contribution in [2.45, 2.75) is 24.2 Å². The van der Waals surface area contributed by atoms with Crippen LogP contribution in [0.15, 0.2) is 0 Å². The van der Waals surface area contributed by atoms with Gasteiger partial charge in [-0.2, -0.15) is 0 Å². The van der Waals surface area contributed by atoms with Crippen molar-refractivity contribution in [2.75, 3.05) is 26.9 Å². The molecular formula is C10H12N4O4. The first-order valence-electron chi connectivity index (χ1n) is 6.07. The minimum atomic E-state index is -0.511. The second-order valence-corrected chi connectivity index (χ2v) is 5.34.